The van der Waals surface area contributed by atoms with E-state index in [-0.39, 0.29) is 0 Å². The molecule has 1 aromatic carbocycles. The van der Waals surface area contributed by atoms with Gasteiger partial charge in [0.25, 0.3) is 5.91 Å². The largest absolute Gasteiger partial charge is 0.467 e. The number of ether oxygens (including phenoxy) is 1. The van der Waals surface area contributed by atoms with Gasteiger partial charge in [-0.3, -0.25) is 4.79 Å². The second-order valence-corrected chi connectivity index (χ2v) is 4.61. The Bertz CT molecular complexity index is 649. The summed E-state index contributed by atoms with van der Waals surface area (Å²) in [5, 5.41) is 2.66. The number of nitrogens with zero attached hydrogens (tertiary/aromatic N) is 1. The van der Waals surface area contributed by atoms with Gasteiger partial charge in [0.05, 0.1) is 12.8 Å². The van der Waals surface area contributed by atoms with Crippen LogP contribution in [0, 0.1) is 0 Å². The second kappa shape index (κ2) is 6.13. The van der Waals surface area contributed by atoms with Crippen molar-refractivity contribution in [3.8, 4) is 0 Å². The second-order valence-electron chi connectivity index (χ2n) is 4.61. The first-order valence-corrected chi connectivity index (χ1v) is 6.38. The molecule has 1 heterocycles. The van der Waals surface area contributed by atoms with Crippen LogP contribution in [0.25, 0.3) is 0 Å². The van der Waals surface area contributed by atoms with E-state index in [1.807, 2.05) is 6.07 Å². The highest BCUT2D eigenvalue weighted by Crippen LogP contribution is 2.16. The molecule has 0 spiro atoms. The number of esters is 1. The fraction of sp³-hybridized carbons (Fsp3) is 0.200. The van der Waals surface area contributed by atoms with Crippen LogP contribution in [0.3, 0.4) is 0 Å². The number of nitrogens with two attached hydrogens (primary N) is 1. The van der Waals surface area contributed by atoms with Crippen molar-refractivity contribution >= 4 is 17.6 Å². The average molecular weight is 287 g/mol. The van der Waals surface area contributed by atoms with Crippen molar-refractivity contribution in [2.24, 2.45) is 7.05 Å². The molecule has 0 aliphatic carbocycles. The number of carbonyl (C=O) groups is 2. The number of amides is 1. The predicted molar refractivity (Wildman–Crippen MR) is 78.5 cm³/mol. The molecule has 0 saturated carbocycles. The number of anilines is 1. The minimum absolute atomic E-state index is 0.373. The van der Waals surface area contributed by atoms with Crippen molar-refractivity contribution < 1.29 is 14.3 Å². The smallest absolute Gasteiger partial charge is 0.333 e. The summed E-state index contributed by atoms with van der Waals surface area (Å²) in [6, 6.07) is 9.60. The van der Waals surface area contributed by atoms with Gasteiger partial charge in [-0.1, -0.05) is 30.3 Å². The number of rotatable bonds is 4. The lowest BCUT2D eigenvalue weighted by molar-refractivity contribution is -0.143. The molecule has 0 bridgehead atoms. The number of hydrogen-bond donors (Lipinski definition) is 2. The number of nitrogen functional groups attached to an aromatic ring is 1. The Balaban J connectivity index is 2.25. The molecule has 1 atom stereocenters. The highest BCUT2D eigenvalue weighted by molar-refractivity contribution is 5.96. The van der Waals surface area contributed by atoms with Crippen LogP contribution >= 0.6 is 0 Å². The molecule has 6 nitrogen and oxygen atoms in total. The van der Waals surface area contributed by atoms with Crippen LogP contribution < -0.4 is 11.1 Å². The molecule has 1 amide bonds. The summed E-state index contributed by atoms with van der Waals surface area (Å²) in [7, 11) is 2.99. The van der Waals surface area contributed by atoms with Gasteiger partial charge in [0.15, 0.2) is 6.04 Å². The van der Waals surface area contributed by atoms with Crippen LogP contribution in [-0.4, -0.2) is 23.6 Å². The number of carbonyl (C=O) groups excluding carboxylic acids is 2. The Kier molecular flexibility index (Phi) is 4.27. The highest BCUT2D eigenvalue weighted by atomic mass is 16.5. The quantitative estimate of drug-likeness (QED) is 0.829. The number of benzene rings is 1. The van der Waals surface area contributed by atoms with Crippen LogP contribution in [0.5, 0.6) is 0 Å². The normalized spacial score (nSPS) is 11.7. The molecule has 110 valence electrons. The number of aryl methyl sites for hydroxylation is 1. The molecule has 21 heavy (non-hydrogen) atoms. The van der Waals surface area contributed by atoms with Crippen molar-refractivity contribution in [2.75, 3.05) is 12.8 Å². The summed E-state index contributed by atoms with van der Waals surface area (Å²) in [4.78, 5) is 24.2. The average Bonchev–Trinajstić information content (AvgIpc) is 2.83. The van der Waals surface area contributed by atoms with Crippen molar-refractivity contribution in [2.45, 2.75) is 6.04 Å². The molecule has 0 aliphatic heterocycles. The zero-order valence-electron chi connectivity index (χ0n) is 11.9. The Morgan fingerprint density at radius 1 is 1.29 bits per heavy atom. The summed E-state index contributed by atoms with van der Waals surface area (Å²) >= 11 is 0. The maximum absolute atomic E-state index is 12.3. The van der Waals surface area contributed by atoms with Gasteiger partial charge in [0.2, 0.25) is 0 Å². The fourth-order valence-corrected chi connectivity index (χ4v) is 2.06. The Morgan fingerprint density at radius 3 is 2.48 bits per heavy atom. The van der Waals surface area contributed by atoms with Crippen LogP contribution in [-0.2, 0) is 16.6 Å². The van der Waals surface area contributed by atoms with Crippen LogP contribution in [0.1, 0.15) is 22.1 Å². The fourth-order valence-electron chi connectivity index (χ4n) is 2.06. The molecule has 1 aromatic heterocycles. The molecule has 6 heteroatoms. The van der Waals surface area contributed by atoms with E-state index in [9.17, 15) is 9.59 Å². The number of aromatic nitrogens is 1. The molecular formula is C15H17N3O3. The zero-order valence-corrected chi connectivity index (χ0v) is 11.9. The molecule has 0 fully saturated rings. The first-order valence-electron chi connectivity index (χ1n) is 6.38. The van der Waals surface area contributed by atoms with Gasteiger partial charge in [-0.25, -0.2) is 4.79 Å². The van der Waals surface area contributed by atoms with Gasteiger partial charge in [0, 0.05) is 13.2 Å². The summed E-state index contributed by atoms with van der Waals surface area (Å²) < 4.78 is 6.36. The monoisotopic (exact) mass is 287 g/mol. The zero-order chi connectivity index (χ0) is 15.4. The van der Waals surface area contributed by atoms with Gasteiger partial charge in [0.1, 0.15) is 5.69 Å². The summed E-state index contributed by atoms with van der Waals surface area (Å²) in [6.07, 6.45) is 1.63. The van der Waals surface area contributed by atoms with E-state index in [1.165, 1.54) is 7.11 Å². The van der Waals surface area contributed by atoms with Crippen LogP contribution in [0.2, 0.25) is 0 Å². The number of nitrogens with one attached hydrogen (secondary N) is 1. The highest BCUT2D eigenvalue weighted by Gasteiger charge is 2.24. The van der Waals surface area contributed by atoms with E-state index >= 15 is 0 Å². The minimum Gasteiger partial charge on any atom is -0.467 e. The Morgan fingerprint density at radius 2 is 1.95 bits per heavy atom. The maximum atomic E-state index is 12.3. The topological polar surface area (TPSA) is 86.3 Å². The lowest BCUT2D eigenvalue weighted by atomic mass is 10.1. The van der Waals surface area contributed by atoms with Crippen molar-refractivity contribution in [3.63, 3.8) is 0 Å². The number of hydrogen-bond acceptors (Lipinski definition) is 4. The summed E-state index contributed by atoms with van der Waals surface area (Å²) in [5.41, 5.74) is 7.16. The molecule has 1 unspecified atom stereocenters. The van der Waals surface area contributed by atoms with Gasteiger partial charge in [-0.15, -0.1) is 0 Å². The van der Waals surface area contributed by atoms with Crippen molar-refractivity contribution in [3.05, 3.63) is 53.9 Å². The molecular weight excluding hydrogens is 270 g/mol. The SMILES string of the molecule is COC(=O)C(NC(=O)c1cc(N)cn1C)c1ccccc1. The molecule has 0 saturated heterocycles. The van der Waals surface area contributed by atoms with Gasteiger partial charge < -0.3 is 20.4 Å². The molecule has 3 N–H and O–H groups in total. The third-order valence-corrected chi connectivity index (χ3v) is 3.10. The minimum atomic E-state index is -0.861. The molecule has 0 aliphatic rings. The van der Waals surface area contributed by atoms with E-state index in [2.05, 4.69) is 5.32 Å². The van der Waals surface area contributed by atoms with E-state index in [0.29, 0.717) is 16.9 Å². The van der Waals surface area contributed by atoms with Crippen molar-refractivity contribution in [1.29, 1.82) is 0 Å². The van der Waals surface area contributed by atoms with Gasteiger partial charge in [-0.05, 0) is 11.6 Å². The first-order chi connectivity index (χ1) is 10.0. The summed E-state index contributed by atoms with van der Waals surface area (Å²) in [6.45, 7) is 0. The first kappa shape index (κ1) is 14.6. The van der Waals surface area contributed by atoms with E-state index in [0.717, 1.165) is 0 Å². The lowest BCUT2D eigenvalue weighted by Crippen LogP contribution is -2.35. The van der Waals surface area contributed by atoms with E-state index in [4.69, 9.17) is 10.5 Å². The standard InChI is InChI=1S/C15H17N3O3/c1-18-9-11(16)8-12(18)14(19)17-13(15(20)21-2)10-6-4-3-5-7-10/h3-9,13H,16H2,1-2H3,(H,17,19). The van der Waals surface area contributed by atoms with E-state index < -0.39 is 17.9 Å². The van der Waals surface area contributed by atoms with Gasteiger partial charge in [-0.2, -0.15) is 0 Å². The van der Waals surface area contributed by atoms with Crippen LogP contribution in [0.15, 0.2) is 42.6 Å². The predicted octanol–water partition coefficient (Wildman–Crippen LogP) is 1.25. The lowest BCUT2D eigenvalue weighted by Gasteiger charge is -2.17. The van der Waals surface area contributed by atoms with Crippen LogP contribution in [0.4, 0.5) is 5.69 Å². The van der Waals surface area contributed by atoms with Gasteiger partial charge >= 0.3 is 5.97 Å². The summed E-state index contributed by atoms with van der Waals surface area (Å²) in [5.74, 6) is -0.926. The Hall–Kier alpha value is -2.76. The Labute approximate surface area is 122 Å². The molecule has 0 radical (unpaired) electrons. The maximum Gasteiger partial charge on any atom is 0.333 e. The molecule has 2 rings (SSSR count). The third kappa shape index (κ3) is 3.22. The third-order valence-electron chi connectivity index (χ3n) is 3.10. The van der Waals surface area contributed by atoms with Crippen molar-refractivity contribution in [1.82, 2.24) is 9.88 Å². The number of methoxy groups -OCH3 is 1. The van der Waals surface area contributed by atoms with E-state index in [1.54, 1.807) is 48.1 Å². The molecule has 2 aromatic rings.